The first-order valence-electron chi connectivity index (χ1n) is 19.0. The Morgan fingerprint density at radius 3 is 2.00 bits per heavy atom. The number of nitrogens with one attached hydrogen (secondary N) is 1. The fourth-order valence-electron chi connectivity index (χ4n) is 6.26. The van der Waals surface area contributed by atoms with Crippen molar-refractivity contribution in [1.82, 2.24) is 5.32 Å². The number of aliphatic hydroxyl groups is 6. The SMILES string of the molecule is CCCCCCCCCCCCCCC(O)C(O)[C@H](CO)NC(=O)CCC/C=C\C[C@H]1[C@@H](O)CC(O)O[C@@H]1/C=C/[C@@H](O)CCCCC. The van der Waals surface area contributed by atoms with Gasteiger partial charge in [0.1, 0.15) is 6.10 Å². The number of rotatable bonds is 29. The second-order valence-electron chi connectivity index (χ2n) is 13.7. The van der Waals surface area contributed by atoms with Gasteiger partial charge in [0.05, 0.1) is 37.1 Å². The molecule has 0 aromatic heterocycles. The molecule has 0 aromatic carbocycles. The molecule has 47 heavy (non-hydrogen) atoms. The Morgan fingerprint density at radius 1 is 0.809 bits per heavy atom. The van der Waals surface area contributed by atoms with E-state index < -0.39 is 49.5 Å². The molecule has 1 amide bonds. The average molecular weight is 670 g/mol. The molecule has 0 saturated carbocycles. The van der Waals surface area contributed by atoms with E-state index in [0.717, 1.165) is 38.5 Å². The van der Waals surface area contributed by atoms with E-state index in [0.29, 0.717) is 32.1 Å². The number of unbranched alkanes of at least 4 members (excludes halogenated alkanes) is 14. The molecule has 0 spiro atoms. The van der Waals surface area contributed by atoms with Gasteiger partial charge in [0.15, 0.2) is 6.29 Å². The number of aliphatic hydroxyl groups excluding tert-OH is 6. The fraction of sp³-hybridized carbons (Fsp3) is 0.868. The average Bonchev–Trinajstić information content (AvgIpc) is 3.05. The molecular weight excluding hydrogens is 598 g/mol. The normalized spacial score (nSPS) is 22.9. The summed E-state index contributed by atoms with van der Waals surface area (Å²) in [5, 5.41) is 64.2. The minimum absolute atomic E-state index is 0.133. The summed E-state index contributed by atoms with van der Waals surface area (Å²) in [6.07, 6.45) is 23.1. The van der Waals surface area contributed by atoms with Crippen LogP contribution in [0.5, 0.6) is 0 Å². The molecule has 0 radical (unpaired) electrons. The summed E-state index contributed by atoms with van der Waals surface area (Å²) in [7, 11) is 0. The summed E-state index contributed by atoms with van der Waals surface area (Å²) >= 11 is 0. The van der Waals surface area contributed by atoms with Crippen molar-refractivity contribution in [3.05, 3.63) is 24.3 Å². The molecule has 0 aliphatic carbocycles. The maximum absolute atomic E-state index is 12.5. The van der Waals surface area contributed by atoms with Gasteiger partial charge in [-0.25, -0.2) is 0 Å². The molecule has 9 heteroatoms. The van der Waals surface area contributed by atoms with Gasteiger partial charge in [0.25, 0.3) is 0 Å². The number of carbonyl (C=O) groups excluding carboxylic acids is 1. The summed E-state index contributed by atoms with van der Waals surface area (Å²) in [4.78, 5) is 12.5. The highest BCUT2D eigenvalue weighted by molar-refractivity contribution is 5.76. The van der Waals surface area contributed by atoms with Crippen molar-refractivity contribution >= 4 is 5.91 Å². The van der Waals surface area contributed by atoms with Gasteiger partial charge in [-0.05, 0) is 32.1 Å². The van der Waals surface area contributed by atoms with Crippen molar-refractivity contribution in [1.29, 1.82) is 0 Å². The quantitative estimate of drug-likeness (QED) is 0.0379. The number of ether oxygens (including phenoxy) is 1. The van der Waals surface area contributed by atoms with Crippen LogP contribution in [-0.4, -0.2) is 86.0 Å². The number of allylic oxidation sites excluding steroid dienone is 2. The van der Waals surface area contributed by atoms with E-state index in [1.165, 1.54) is 57.8 Å². The van der Waals surface area contributed by atoms with Gasteiger partial charge < -0.3 is 40.7 Å². The third-order valence-electron chi connectivity index (χ3n) is 9.35. The van der Waals surface area contributed by atoms with Crippen molar-refractivity contribution in [2.24, 2.45) is 5.92 Å². The van der Waals surface area contributed by atoms with E-state index in [1.807, 2.05) is 12.2 Å². The number of amides is 1. The summed E-state index contributed by atoms with van der Waals surface area (Å²) in [6.45, 7) is 3.90. The van der Waals surface area contributed by atoms with Crippen LogP contribution in [0.4, 0.5) is 0 Å². The topological polar surface area (TPSA) is 160 Å². The van der Waals surface area contributed by atoms with Gasteiger partial charge in [-0.3, -0.25) is 4.79 Å². The van der Waals surface area contributed by atoms with Gasteiger partial charge >= 0.3 is 0 Å². The fourth-order valence-corrected chi connectivity index (χ4v) is 6.26. The highest BCUT2D eigenvalue weighted by Crippen LogP contribution is 2.29. The monoisotopic (exact) mass is 670 g/mol. The van der Waals surface area contributed by atoms with E-state index in [1.54, 1.807) is 12.2 Å². The molecular formula is C38H71NO8. The van der Waals surface area contributed by atoms with E-state index in [4.69, 9.17) is 4.74 Å². The molecule has 1 saturated heterocycles. The number of hydrogen-bond acceptors (Lipinski definition) is 8. The van der Waals surface area contributed by atoms with Crippen LogP contribution in [-0.2, 0) is 9.53 Å². The molecule has 8 atom stereocenters. The Labute approximate surface area is 285 Å². The van der Waals surface area contributed by atoms with E-state index in [2.05, 4.69) is 19.2 Å². The summed E-state index contributed by atoms with van der Waals surface area (Å²) in [6, 6.07) is -0.913. The molecule has 3 unspecified atom stereocenters. The largest absolute Gasteiger partial charge is 0.394 e. The molecule has 276 valence electrons. The first kappa shape index (κ1) is 43.7. The van der Waals surface area contributed by atoms with Crippen LogP contribution in [0.3, 0.4) is 0 Å². The van der Waals surface area contributed by atoms with Gasteiger partial charge in [-0.15, -0.1) is 0 Å². The van der Waals surface area contributed by atoms with Crippen LogP contribution < -0.4 is 5.32 Å². The molecule has 9 nitrogen and oxygen atoms in total. The van der Waals surface area contributed by atoms with Crippen LogP contribution in [0.15, 0.2) is 24.3 Å². The second kappa shape index (κ2) is 28.5. The Bertz CT molecular complexity index is 809. The van der Waals surface area contributed by atoms with Crippen LogP contribution >= 0.6 is 0 Å². The molecule has 1 aliphatic rings. The van der Waals surface area contributed by atoms with Gasteiger partial charge in [0.2, 0.25) is 5.91 Å². The zero-order valence-electron chi connectivity index (χ0n) is 29.7. The first-order chi connectivity index (χ1) is 22.7. The van der Waals surface area contributed by atoms with Crippen LogP contribution in [0.1, 0.15) is 155 Å². The Morgan fingerprint density at radius 2 is 1.38 bits per heavy atom. The highest BCUT2D eigenvalue weighted by atomic mass is 16.6. The van der Waals surface area contributed by atoms with Crippen LogP contribution in [0.25, 0.3) is 0 Å². The van der Waals surface area contributed by atoms with Crippen LogP contribution in [0, 0.1) is 5.92 Å². The molecule has 1 rings (SSSR count). The Hall–Kier alpha value is -1.33. The van der Waals surface area contributed by atoms with Gasteiger partial charge in [-0.1, -0.05) is 134 Å². The zero-order chi connectivity index (χ0) is 34.7. The predicted molar refractivity (Wildman–Crippen MR) is 189 cm³/mol. The lowest BCUT2D eigenvalue weighted by atomic mass is 9.87. The maximum atomic E-state index is 12.5. The van der Waals surface area contributed by atoms with Crippen molar-refractivity contribution in [2.75, 3.05) is 6.61 Å². The van der Waals surface area contributed by atoms with Crippen molar-refractivity contribution in [3.8, 4) is 0 Å². The predicted octanol–water partition coefficient (Wildman–Crippen LogP) is 5.97. The lowest BCUT2D eigenvalue weighted by Gasteiger charge is -2.36. The molecule has 0 aromatic rings. The zero-order valence-corrected chi connectivity index (χ0v) is 29.7. The smallest absolute Gasteiger partial charge is 0.220 e. The molecule has 1 aliphatic heterocycles. The molecule has 1 fully saturated rings. The lowest BCUT2D eigenvalue weighted by Crippen LogP contribution is -2.50. The van der Waals surface area contributed by atoms with Gasteiger partial charge in [-0.2, -0.15) is 0 Å². The van der Waals surface area contributed by atoms with E-state index >= 15 is 0 Å². The lowest BCUT2D eigenvalue weighted by molar-refractivity contribution is -0.199. The number of hydrogen-bond donors (Lipinski definition) is 7. The molecule has 0 bridgehead atoms. The van der Waals surface area contributed by atoms with Crippen molar-refractivity contribution < 1.29 is 40.2 Å². The Balaban J connectivity index is 2.29. The Kier molecular flexibility index (Phi) is 26.5. The minimum Gasteiger partial charge on any atom is -0.394 e. The molecule has 1 heterocycles. The summed E-state index contributed by atoms with van der Waals surface area (Å²) < 4.78 is 5.65. The summed E-state index contributed by atoms with van der Waals surface area (Å²) in [5.74, 6) is -0.549. The maximum Gasteiger partial charge on any atom is 0.220 e. The van der Waals surface area contributed by atoms with Crippen molar-refractivity contribution in [3.63, 3.8) is 0 Å². The molecule has 7 N–H and O–H groups in total. The first-order valence-corrected chi connectivity index (χ1v) is 19.0. The van der Waals surface area contributed by atoms with Crippen LogP contribution in [0.2, 0.25) is 0 Å². The van der Waals surface area contributed by atoms with Crippen molar-refractivity contribution in [2.45, 2.75) is 198 Å². The summed E-state index contributed by atoms with van der Waals surface area (Å²) in [5.41, 5.74) is 0. The third kappa shape index (κ3) is 21.4. The minimum atomic E-state index is -1.22. The second-order valence-corrected chi connectivity index (χ2v) is 13.7. The van der Waals surface area contributed by atoms with E-state index in [-0.39, 0.29) is 24.7 Å². The third-order valence-corrected chi connectivity index (χ3v) is 9.35. The standard InChI is InChI=1S/C38H71NO8/c1-3-5-7-8-9-10-11-12-13-14-15-20-24-33(42)38(46)32(29-40)39-36(44)25-21-17-16-19-23-31-34(43)28-37(45)47-35(31)27-26-30(41)22-18-6-4-2/h16,19,26-27,30-35,37-38,40-43,45-46H,3-15,17-18,20-25,28-29H2,1-2H3,(H,39,44)/b19-16-,27-26+/t30-,31-,32-,33?,34-,35+,37?,38?/m0/s1. The van der Waals surface area contributed by atoms with E-state index in [9.17, 15) is 35.4 Å². The number of carbonyl (C=O) groups is 1. The highest BCUT2D eigenvalue weighted by Gasteiger charge is 2.35. The van der Waals surface area contributed by atoms with Gasteiger partial charge in [0, 0.05) is 18.8 Å².